The van der Waals surface area contributed by atoms with Crippen LogP contribution in [-0.4, -0.2) is 13.2 Å². The van der Waals surface area contributed by atoms with Gasteiger partial charge in [-0.1, -0.05) is 78.9 Å². The molecule has 0 saturated carbocycles. The second kappa shape index (κ2) is 5.31. The number of rotatable bonds is 3. The summed E-state index contributed by atoms with van der Waals surface area (Å²) >= 11 is 0. The SMILES string of the molecule is Cc1cccc(C(O)c2ccc([Si](C)(C)C)cc2)c1. The van der Waals surface area contributed by atoms with Gasteiger partial charge in [-0.3, -0.25) is 0 Å². The number of aliphatic hydroxyl groups excluding tert-OH is 1. The highest BCUT2D eigenvalue weighted by Gasteiger charge is 2.17. The zero-order chi connectivity index (χ0) is 14.0. The van der Waals surface area contributed by atoms with Gasteiger partial charge < -0.3 is 5.11 Å². The molecule has 0 radical (unpaired) electrons. The fraction of sp³-hybridized carbons (Fsp3) is 0.294. The van der Waals surface area contributed by atoms with Gasteiger partial charge in [-0.2, -0.15) is 0 Å². The third kappa shape index (κ3) is 3.34. The van der Waals surface area contributed by atoms with Crippen molar-refractivity contribution >= 4 is 13.3 Å². The Labute approximate surface area is 116 Å². The monoisotopic (exact) mass is 270 g/mol. The molecule has 2 aromatic rings. The maximum Gasteiger partial charge on any atom is 0.104 e. The predicted octanol–water partition coefficient (Wildman–Crippen LogP) is 3.62. The van der Waals surface area contributed by atoms with E-state index in [4.69, 9.17) is 0 Å². The molecule has 1 nitrogen and oxygen atoms in total. The van der Waals surface area contributed by atoms with E-state index in [1.54, 1.807) is 0 Å². The Morgan fingerprint density at radius 2 is 1.53 bits per heavy atom. The van der Waals surface area contributed by atoms with Gasteiger partial charge in [-0.15, -0.1) is 0 Å². The van der Waals surface area contributed by atoms with E-state index < -0.39 is 14.2 Å². The van der Waals surface area contributed by atoms with Crippen LogP contribution in [0.2, 0.25) is 19.6 Å². The molecule has 1 unspecified atom stereocenters. The first-order chi connectivity index (χ1) is 8.88. The summed E-state index contributed by atoms with van der Waals surface area (Å²) in [6.07, 6.45) is -0.532. The van der Waals surface area contributed by atoms with Crippen molar-refractivity contribution in [2.24, 2.45) is 0 Å². The Morgan fingerprint density at radius 3 is 2.05 bits per heavy atom. The van der Waals surface area contributed by atoms with Gasteiger partial charge >= 0.3 is 0 Å². The average molecular weight is 270 g/mol. The molecule has 2 rings (SSSR count). The summed E-state index contributed by atoms with van der Waals surface area (Å²) in [5.41, 5.74) is 3.10. The molecule has 0 spiro atoms. The van der Waals surface area contributed by atoms with Crippen LogP contribution >= 0.6 is 0 Å². The number of hydrogen-bond donors (Lipinski definition) is 1. The van der Waals surface area contributed by atoms with E-state index in [1.807, 2.05) is 31.2 Å². The summed E-state index contributed by atoms with van der Waals surface area (Å²) in [6.45, 7) is 9.04. The summed E-state index contributed by atoms with van der Waals surface area (Å²) in [5, 5.41) is 11.8. The van der Waals surface area contributed by atoms with Gasteiger partial charge in [0.25, 0.3) is 0 Å². The van der Waals surface area contributed by atoms with E-state index in [0.717, 1.165) is 11.1 Å². The van der Waals surface area contributed by atoms with E-state index in [2.05, 4.69) is 43.9 Å². The fourth-order valence-electron chi connectivity index (χ4n) is 2.20. The summed E-state index contributed by atoms with van der Waals surface area (Å²) < 4.78 is 0. The zero-order valence-corrected chi connectivity index (χ0v) is 13.1. The van der Waals surface area contributed by atoms with Crippen LogP contribution in [0.5, 0.6) is 0 Å². The van der Waals surface area contributed by atoms with E-state index in [0.29, 0.717) is 0 Å². The van der Waals surface area contributed by atoms with E-state index >= 15 is 0 Å². The lowest BCUT2D eigenvalue weighted by Gasteiger charge is -2.18. The molecule has 0 aliphatic heterocycles. The van der Waals surface area contributed by atoms with Crippen molar-refractivity contribution in [3.63, 3.8) is 0 Å². The highest BCUT2D eigenvalue weighted by atomic mass is 28.3. The first kappa shape index (κ1) is 14.0. The standard InChI is InChI=1S/C17H22OSi/c1-13-6-5-7-15(12-13)17(18)14-8-10-16(11-9-14)19(2,3)4/h5-12,17-18H,1-4H3. The quantitative estimate of drug-likeness (QED) is 0.845. The van der Waals surface area contributed by atoms with Crippen LogP contribution in [0, 0.1) is 6.92 Å². The molecule has 1 atom stereocenters. The lowest BCUT2D eigenvalue weighted by Crippen LogP contribution is -2.37. The molecule has 2 heteroatoms. The normalized spacial score (nSPS) is 13.3. The number of hydrogen-bond acceptors (Lipinski definition) is 1. The second-order valence-electron chi connectivity index (χ2n) is 6.19. The van der Waals surface area contributed by atoms with Gasteiger partial charge in [0.15, 0.2) is 0 Å². The summed E-state index contributed by atoms with van der Waals surface area (Å²) in [5.74, 6) is 0. The highest BCUT2D eigenvalue weighted by Crippen LogP contribution is 2.22. The van der Waals surface area contributed by atoms with Crippen molar-refractivity contribution in [2.45, 2.75) is 32.7 Å². The molecular weight excluding hydrogens is 248 g/mol. The molecule has 0 aliphatic rings. The van der Waals surface area contributed by atoms with Crippen LogP contribution in [0.25, 0.3) is 0 Å². The van der Waals surface area contributed by atoms with Gasteiger partial charge in [0.1, 0.15) is 6.10 Å². The van der Waals surface area contributed by atoms with Crippen molar-refractivity contribution in [1.82, 2.24) is 0 Å². The van der Waals surface area contributed by atoms with Gasteiger partial charge in [-0.05, 0) is 18.1 Å². The third-order valence-corrected chi connectivity index (χ3v) is 5.52. The molecule has 0 fully saturated rings. The molecule has 0 aliphatic carbocycles. The fourth-order valence-corrected chi connectivity index (χ4v) is 3.36. The van der Waals surface area contributed by atoms with Crippen LogP contribution in [0.1, 0.15) is 22.8 Å². The first-order valence-electron chi connectivity index (χ1n) is 6.73. The Hall–Kier alpha value is -1.38. The molecule has 0 saturated heterocycles. The molecule has 0 bridgehead atoms. The first-order valence-corrected chi connectivity index (χ1v) is 10.2. The summed E-state index contributed by atoms with van der Waals surface area (Å²) in [4.78, 5) is 0. The van der Waals surface area contributed by atoms with Crippen LogP contribution in [0.3, 0.4) is 0 Å². The Kier molecular flexibility index (Phi) is 3.93. The smallest absolute Gasteiger partial charge is 0.104 e. The Morgan fingerprint density at radius 1 is 0.895 bits per heavy atom. The number of aliphatic hydroxyl groups is 1. The third-order valence-electron chi connectivity index (χ3n) is 3.45. The summed E-state index contributed by atoms with van der Waals surface area (Å²) in [6, 6.07) is 16.5. The van der Waals surface area contributed by atoms with Gasteiger partial charge in [0.05, 0.1) is 8.07 Å². The van der Waals surface area contributed by atoms with Crippen molar-refractivity contribution in [1.29, 1.82) is 0 Å². The van der Waals surface area contributed by atoms with Crippen LogP contribution in [0.4, 0.5) is 0 Å². The minimum Gasteiger partial charge on any atom is -0.384 e. The molecule has 100 valence electrons. The highest BCUT2D eigenvalue weighted by molar-refractivity contribution is 6.88. The van der Waals surface area contributed by atoms with Crippen molar-refractivity contribution in [3.8, 4) is 0 Å². The molecule has 0 heterocycles. The van der Waals surface area contributed by atoms with E-state index in [1.165, 1.54) is 10.8 Å². The topological polar surface area (TPSA) is 20.2 Å². The molecule has 1 N–H and O–H groups in total. The number of aryl methyl sites for hydroxylation is 1. The lowest BCUT2D eigenvalue weighted by atomic mass is 10.0. The minimum absolute atomic E-state index is 0.532. The maximum atomic E-state index is 10.4. The largest absolute Gasteiger partial charge is 0.384 e. The molecule has 0 aromatic heterocycles. The van der Waals surface area contributed by atoms with Crippen molar-refractivity contribution in [2.75, 3.05) is 0 Å². The zero-order valence-electron chi connectivity index (χ0n) is 12.1. The average Bonchev–Trinajstić information content (AvgIpc) is 2.37. The lowest BCUT2D eigenvalue weighted by molar-refractivity contribution is 0.220. The van der Waals surface area contributed by atoms with Crippen LogP contribution in [-0.2, 0) is 0 Å². The molecule has 0 amide bonds. The van der Waals surface area contributed by atoms with Crippen LogP contribution in [0.15, 0.2) is 48.5 Å². The van der Waals surface area contributed by atoms with Gasteiger partial charge in [0, 0.05) is 0 Å². The van der Waals surface area contributed by atoms with Crippen molar-refractivity contribution in [3.05, 3.63) is 65.2 Å². The van der Waals surface area contributed by atoms with Gasteiger partial charge in [0.2, 0.25) is 0 Å². The predicted molar refractivity (Wildman–Crippen MR) is 84.7 cm³/mol. The Bertz CT molecular complexity index is 552. The van der Waals surface area contributed by atoms with Gasteiger partial charge in [-0.25, -0.2) is 0 Å². The number of benzene rings is 2. The minimum atomic E-state index is -1.26. The van der Waals surface area contributed by atoms with E-state index in [-0.39, 0.29) is 0 Å². The molecular formula is C17H22OSi. The van der Waals surface area contributed by atoms with Crippen LogP contribution < -0.4 is 5.19 Å². The molecule has 2 aromatic carbocycles. The van der Waals surface area contributed by atoms with E-state index in [9.17, 15) is 5.11 Å². The molecule has 19 heavy (non-hydrogen) atoms. The maximum absolute atomic E-state index is 10.4. The summed E-state index contributed by atoms with van der Waals surface area (Å²) in [7, 11) is -1.26. The second-order valence-corrected chi connectivity index (χ2v) is 11.3. The Balaban J connectivity index is 2.27. The van der Waals surface area contributed by atoms with Crippen molar-refractivity contribution < 1.29 is 5.11 Å².